The monoisotopic (exact) mass is 469 g/mol. The average Bonchev–Trinajstić information content (AvgIpc) is 3.30. The molecule has 33 heavy (non-hydrogen) atoms. The van der Waals surface area contributed by atoms with Crippen LogP contribution in [0.1, 0.15) is 12.0 Å². The van der Waals surface area contributed by atoms with Gasteiger partial charge in [-0.3, -0.25) is 5.43 Å². The number of thiocarbonyl (C=S) groups is 1. The number of likely N-dealkylation sites (N-methyl/N-ethyl adjacent to an activating group) is 1. The highest BCUT2D eigenvalue weighted by atomic mass is 32.1. The van der Waals surface area contributed by atoms with Crippen LogP contribution in [0, 0.1) is 5.82 Å². The molecule has 2 aromatic rings. The third-order valence-electron chi connectivity index (χ3n) is 6.45. The van der Waals surface area contributed by atoms with Gasteiger partial charge in [-0.25, -0.2) is 4.39 Å². The van der Waals surface area contributed by atoms with Crippen molar-refractivity contribution >= 4 is 40.6 Å². The summed E-state index contributed by atoms with van der Waals surface area (Å²) in [6, 6.07) is 14.4. The smallest absolute Gasteiger partial charge is 0.184 e. The van der Waals surface area contributed by atoms with Gasteiger partial charge >= 0.3 is 0 Å². The molecular formula is C24H32FN7S. The van der Waals surface area contributed by atoms with Gasteiger partial charge in [-0.15, -0.1) is 0 Å². The van der Waals surface area contributed by atoms with Crippen LogP contribution in [-0.4, -0.2) is 75.6 Å². The van der Waals surface area contributed by atoms with Crippen LogP contribution in [0.5, 0.6) is 0 Å². The van der Waals surface area contributed by atoms with Crippen LogP contribution in [0.4, 0.5) is 21.5 Å². The van der Waals surface area contributed by atoms with Crippen molar-refractivity contribution in [2.24, 2.45) is 10.8 Å². The maximum atomic E-state index is 15.3. The number of hydrogen-bond acceptors (Lipinski definition) is 6. The number of piperazine rings is 1. The molecule has 2 saturated heterocycles. The minimum Gasteiger partial charge on any atom is -0.375 e. The zero-order valence-electron chi connectivity index (χ0n) is 19.2. The second-order valence-corrected chi connectivity index (χ2v) is 9.20. The molecule has 1 unspecified atom stereocenters. The van der Waals surface area contributed by atoms with Crippen molar-refractivity contribution in [3.63, 3.8) is 0 Å². The first kappa shape index (κ1) is 23.3. The molecule has 0 amide bonds. The number of para-hydroxylation sites is 1. The van der Waals surface area contributed by atoms with Gasteiger partial charge in [0.1, 0.15) is 5.82 Å². The van der Waals surface area contributed by atoms with Crippen LogP contribution >= 0.6 is 12.2 Å². The van der Waals surface area contributed by atoms with E-state index >= 15 is 4.39 Å². The molecule has 0 spiro atoms. The van der Waals surface area contributed by atoms with Gasteiger partial charge in [0, 0.05) is 62.2 Å². The van der Waals surface area contributed by atoms with E-state index in [1.54, 1.807) is 12.3 Å². The molecule has 2 aliphatic heterocycles. The summed E-state index contributed by atoms with van der Waals surface area (Å²) in [5, 5.41) is 4.17. The summed E-state index contributed by atoms with van der Waals surface area (Å²) in [6.45, 7) is 5.05. The molecule has 4 rings (SSSR count). The summed E-state index contributed by atoms with van der Waals surface area (Å²) in [4.78, 5) is 9.05. The number of rotatable bonds is 6. The van der Waals surface area contributed by atoms with Gasteiger partial charge in [-0.1, -0.05) is 18.2 Å². The Labute approximate surface area is 200 Å². The Hall–Kier alpha value is -2.91. The van der Waals surface area contributed by atoms with Crippen molar-refractivity contribution in [2.75, 3.05) is 68.1 Å². The first-order valence-electron chi connectivity index (χ1n) is 11.3. The Morgan fingerprint density at radius 1 is 1.06 bits per heavy atom. The van der Waals surface area contributed by atoms with Crippen LogP contribution in [0.2, 0.25) is 0 Å². The fraction of sp³-hybridized carbons (Fsp3) is 0.417. The third-order valence-corrected chi connectivity index (χ3v) is 6.54. The van der Waals surface area contributed by atoms with E-state index in [-0.39, 0.29) is 10.9 Å². The molecular weight excluding hydrogens is 437 g/mol. The first-order valence-corrected chi connectivity index (χ1v) is 11.7. The van der Waals surface area contributed by atoms with E-state index in [1.165, 1.54) is 5.69 Å². The van der Waals surface area contributed by atoms with Crippen LogP contribution < -0.4 is 25.9 Å². The van der Waals surface area contributed by atoms with E-state index in [9.17, 15) is 0 Å². The van der Waals surface area contributed by atoms with E-state index < -0.39 is 0 Å². The van der Waals surface area contributed by atoms with E-state index in [4.69, 9.17) is 18.0 Å². The Kier molecular flexibility index (Phi) is 7.29. The second-order valence-electron chi connectivity index (χ2n) is 8.76. The molecule has 0 aliphatic carbocycles. The van der Waals surface area contributed by atoms with Crippen molar-refractivity contribution in [1.82, 2.24) is 10.3 Å². The van der Waals surface area contributed by atoms with Crippen LogP contribution in [0.3, 0.4) is 0 Å². The summed E-state index contributed by atoms with van der Waals surface area (Å²) >= 11 is 4.82. The highest BCUT2D eigenvalue weighted by Gasteiger charge is 2.28. The molecule has 0 saturated carbocycles. The lowest BCUT2D eigenvalue weighted by atomic mass is 10.1. The Balaban J connectivity index is 1.57. The lowest BCUT2D eigenvalue weighted by Crippen LogP contribution is -2.46. The van der Waals surface area contributed by atoms with Crippen molar-refractivity contribution in [3.05, 3.63) is 53.8 Å². The van der Waals surface area contributed by atoms with Crippen molar-refractivity contribution < 1.29 is 4.39 Å². The van der Waals surface area contributed by atoms with Crippen molar-refractivity contribution in [3.8, 4) is 0 Å². The molecule has 2 heterocycles. The summed E-state index contributed by atoms with van der Waals surface area (Å²) in [5.74, 6) is -0.243. The highest BCUT2D eigenvalue weighted by Crippen LogP contribution is 2.33. The number of benzene rings is 2. The lowest BCUT2D eigenvalue weighted by Gasteiger charge is -2.38. The zero-order valence-corrected chi connectivity index (χ0v) is 20.1. The average molecular weight is 470 g/mol. The molecule has 3 N–H and O–H groups in total. The number of anilines is 3. The fourth-order valence-corrected chi connectivity index (χ4v) is 4.63. The maximum absolute atomic E-state index is 15.3. The normalized spacial score (nSPS) is 19.0. The van der Waals surface area contributed by atoms with Crippen molar-refractivity contribution in [2.45, 2.75) is 12.5 Å². The maximum Gasteiger partial charge on any atom is 0.184 e. The molecule has 176 valence electrons. The third kappa shape index (κ3) is 5.54. The molecule has 1 atom stereocenters. The molecule has 9 heteroatoms. The van der Waals surface area contributed by atoms with Crippen LogP contribution in [0.25, 0.3) is 0 Å². The van der Waals surface area contributed by atoms with Crippen LogP contribution in [0.15, 0.2) is 47.6 Å². The number of hydrazone groups is 1. The Morgan fingerprint density at radius 2 is 1.76 bits per heavy atom. The molecule has 2 aromatic carbocycles. The molecule has 7 nitrogen and oxygen atoms in total. The summed E-state index contributed by atoms with van der Waals surface area (Å²) in [7, 11) is 4.20. The fourth-order valence-electron chi connectivity index (χ4n) is 4.58. The van der Waals surface area contributed by atoms with Gasteiger partial charge in [0.25, 0.3) is 0 Å². The minimum absolute atomic E-state index is 0.0787. The summed E-state index contributed by atoms with van der Waals surface area (Å²) in [5.41, 5.74) is 11.6. The number of nitrogens with one attached hydrogen (secondary N) is 1. The molecule has 2 fully saturated rings. The van der Waals surface area contributed by atoms with Crippen LogP contribution in [-0.2, 0) is 0 Å². The van der Waals surface area contributed by atoms with E-state index in [0.29, 0.717) is 17.3 Å². The van der Waals surface area contributed by atoms with Gasteiger partial charge in [0.2, 0.25) is 0 Å². The number of nitrogens with two attached hydrogens (primary N) is 1. The van der Waals surface area contributed by atoms with E-state index in [2.05, 4.69) is 68.5 Å². The van der Waals surface area contributed by atoms with E-state index in [0.717, 1.165) is 51.4 Å². The quantitative estimate of drug-likeness (QED) is 0.383. The van der Waals surface area contributed by atoms with Gasteiger partial charge in [0.05, 0.1) is 11.9 Å². The predicted octanol–water partition coefficient (Wildman–Crippen LogP) is 2.46. The Bertz CT molecular complexity index is 990. The largest absolute Gasteiger partial charge is 0.375 e. The molecule has 0 bridgehead atoms. The summed E-state index contributed by atoms with van der Waals surface area (Å²) in [6.07, 6.45) is 2.66. The SMILES string of the molecule is CN(C)C1CCN(c2cc(N3CCN(c4ccccc4)CC3)c(F)cc2C=NNC(N)=S)C1. The standard InChI is InChI=1S/C24H32FN7S/c1-29(2)20-8-9-32(17-20)22-15-23(21(25)14-18(22)16-27-28-24(26)33)31-12-10-30(11-13-31)19-6-4-3-5-7-19/h3-7,14-16,20H,8-13,17H2,1-2H3,(H3,26,28,33). The topological polar surface area (TPSA) is 63.4 Å². The minimum atomic E-state index is -0.243. The number of nitrogens with zero attached hydrogens (tertiary/aromatic N) is 5. The number of halogens is 1. The van der Waals surface area contributed by atoms with E-state index in [1.807, 2.05) is 12.1 Å². The van der Waals surface area contributed by atoms with Gasteiger partial charge in [0.15, 0.2) is 5.11 Å². The van der Waals surface area contributed by atoms with Gasteiger partial charge in [-0.2, -0.15) is 5.10 Å². The molecule has 0 aromatic heterocycles. The zero-order chi connectivity index (χ0) is 23.4. The second kappa shape index (κ2) is 10.4. The van der Waals surface area contributed by atoms with Gasteiger partial charge in [-0.05, 0) is 57.0 Å². The highest BCUT2D eigenvalue weighted by molar-refractivity contribution is 7.80. The lowest BCUT2D eigenvalue weighted by molar-refractivity contribution is 0.315. The number of hydrogen-bond donors (Lipinski definition) is 2. The molecule has 2 aliphatic rings. The van der Waals surface area contributed by atoms with Gasteiger partial charge < -0.3 is 25.3 Å². The predicted molar refractivity (Wildman–Crippen MR) is 139 cm³/mol. The Morgan fingerprint density at radius 3 is 2.39 bits per heavy atom. The first-order chi connectivity index (χ1) is 15.9. The summed E-state index contributed by atoms with van der Waals surface area (Å²) < 4.78 is 15.3. The van der Waals surface area contributed by atoms with Crippen molar-refractivity contribution in [1.29, 1.82) is 0 Å². The molecule has 0 radical (unpaired) electrons.